The van der Waals surface area contributed by atoms with E-state index in [1.807, 2.05) is 0 Å². The van der Waals surface area contributed by atoms with Crippen LogP contribution in [0.3, 0.4) is 0 Å². The van der Waals surface area contributed by atoms with E-state index in [0.29, 0.717) is 5.38 Å². The lowest BCUT2D eigenvalue weighted by Crippen LogP contribution is -2.12. The number of hydrogen-bond donors (Lipinski definition) is 0. The first kappa shape index (κ1) is 11.4. The maximum Gasteiger partial charge on any atom is 0.0364 e. The van der Waals surface area contributed by atoms with Crippen molar-refractivity contribution in [2.24, 2.45) is 11.8 Å². The van der Waals surface area contributed by atoms with Crippen molar-refractivity contribution < 1.29 is 0 Å². The normalized spacial score (nSPS) is 23.3. The molecule has 0 aromatic rings. The third kappa shape index (κ3) is 3.89. The Bertz CT molecular complexity index is 127. The van der Waals surface area contributed by atoms with Gasteiger partial charge >= 0.3 is 0 Å². The molecule has 0 aromatic carbocycles. The van der Waals surface area contributed by atoms with Crippen LogP contribution >= 0.6 is 11.6 Å². The van der Waals surface area contributed by atoms with Gasteiger partial charge in [0.2, 0.25) is 0 Å². The number of halogens is 1. The summed E-state index contributed by atoms with van der Waals surface area (Å²) in [7, 11) is 0. The van der Waals surface area contributed by atoms with Crippen LogP contribution in [0.1, 0.15) is 58.8 Å². The minimum Gasteiger partial charge on any atom is -0.123 e. The molecule has 0 aliphatic heterocycles. The van der Waals surface area contributed by atoms with Gasteiger partial charge in [0, 0.05) is 5.38 Å². The summed E-state index contributed by atoms with van der Waals surface area (Å²) in [5.41, 5.74) is 0. The minimum atomic E-state index is 0.469. The van der Waals surface area contributed by atoms with Gasteiger partial charge in [-0.25, -0.2) is 0 Å². The molecule has 78 valence electrons. The van der Waals surface area contributed by atoms with E-state index >= 15 is 0 Å². The van der Waals surface area contributed by atoms with E-state index in [0.717, 1.165) is 11.8 Å². The monoisotopic (exact) mass is 202 g/mol. The standard InChI is InChI=1S/C12H23Cl/c1-3-10(2)8-9-12(13)11-6-4-5-7-11/h10-12H,3-9H2,1-2H3. The minimum absolute atomic E-state index is 0.469. The molecule has 13 heavy (non-hydrogen) atoms. The molecule has 1 saturated carbocycles. The van der Waals surface area contributed by atoms with Gasteiger partial charge in [-0.2, -0.15) is 0 Å². The van der Waals surface area contributed by atoms with Crippen LogP contribution in [-0.2, 0) is 0 Å². The summed E-state index contributed by atoms with van der Waals surface area (Å²) in [4.78, 5) is 0. The van der Waals surface area contributed by atoms with E-state index in [2.05, 4.69) is 13.8 Å². The number of alkyl halides is 1. The first-order valence-electron chi connectivity index (χ1n) is 5.88. The van der Waals surface area contributed by atoms with Gasteiger partial charge in [-0.05, 0) is 37.5 Å². The van der Waals surface area contributed by atoms with Gasteiger partial charge in [-0.15, -0.1) is 11.6 Å². The summed E-state index contributed by atoms with van der Waals surface area (Å²) < 4.78 is 0. The molecule has 0 amide bonds. The lowest BCUT2D eigenvalue weighted by molar-refractivity contribution is 0.428. The molecular formula is C12H23Cl. The van der Waals surface area contributed by atoms with Gasteiger partial charge in [0.1, 0.15) is 0 Å². The van der Waals surface area contributed by atoms with E-state index in [4.69, 9.17) is 11.6 Å². The second kappa shape index (κ2) is 5.90. The Morgan fingerprint density at radius 1 is 1.23 bits per heavy atom. The molecule has 1 heteroatoms. The zero-order valence-corrected chi connectivity index (χ0v) is 9.82. The lowest BCUT2D eigenvalue weighted by atomic mass is 9.95. The van der Waals surface area contributed by atoms with Crippen molar-refractivity contribution in [1.29, 1.82) is 0 Å². The topological polar surface area (TPSA) is 0 Å². The van der Waals surface area contributed by atoms with Crippen molar-refractivity contribution in [2.45, 2.75) is 64.2 Å². The average molecular weight is 203 g/mol. The smallest absolute Gasteiger partial charge is 0.0364 e. The fraction of sp³-hybridized carbons (Fsp3) is 1.00. The molecule has 1 aliphatic carbocycles. The summed E-state index contributed by atoms with van der Waals surface area (Å²) in [6.07, 6.45) is 9.45. The Balaban J connectivity index is 2.12. The van der Waals surface area contributed by atoms with Crippen molar-refractivity contribution in [3.05, 3.63) is 0 Å². The second-order valence-corrected chi connectivity index (χ2v) is 5.21. The summed E-state index contributed by atoms with van der Waals surface area (Å²) in [5, 5.41) is 0.469. The zero-order chi connectivity index (χ0) is 9.68. The molecule has 1 fully saturated rings. The maximum absolute atomic E-state index is 6.39. The van der Waals surface area contributed by atoms with Crippen LogP contribution in [0.25, 0.3) is 0 Å². The molecular weight excluding hydrogens is 180 g/mol. The molecule has 2 atom stereocenters. The summed E-state index contributed by atoms with van der Waals surface area (Å²) in [6.45, 7) is 4.60. The quantitative estimate of drug-likeness (QED) is 0.572. The molecule has 0 spiro atoms. The molecule has 0 N–H and O–H groups in total. The highest BCUT2D eigenvalue weighted by Crippen LogP contribution is 2.33. The highest BCUT2D eigenvalue weighted by molar-refractivity contribution is 6.20. The average Bonchev–Trinajstić information content (AvgIpc) is 2.66. The van der Waals surface area contributed by atoms with Crippen LogP contribution in [0, 0.1) is 11.8 Å². The highest BCUT2D eigenvalue weighted by Gasteiger charge is 2.22. The largest absolute Gasteiger partial charge is 0.123 e. The van der Waals surface area contributed by atoms with Crippen LogP contribution in [0.2, 0.25) is 0 Å². The molecule has 0 radical (unpaired) electrons. The zero-order valence-electron chi connectivity index (χ0n) is 9.06. The third-order valence-corrected chi connectivity index (χ3v) is 4.12. The van der Waals surface area contributed by atoms with Gasteiger partial charge in [-0.3, -0.25) is 0 Å². The van der Waals surface area contributed by atoms with Gasteiger partial charge in [-0.1, -0.05) is 33.1 Å². The second-order valence-electron chi connectivity index (χ2n) is 4.65. The maximum atomic E-state index is 6.39. The van der Waals surface area contributed by atoms with E-state index in [1.54, 1.807) is 0 Å². The molecule has 0 bridgehead atoms. The molecule has 0 saturated heterocycles. The van der Waals surface area contributed by atoms with E-state index < -0.39 is 0 Å². The van der Waals surface area contributed by atoms with Crippen LogP contribution < -0.4 is 0 Å². The Morgan fingerprint density at radius 2 is 1.85 bits per heavy atom. The first-order chi connectivity index (χ1) is 6.24. The fourth-order valence-electron chi connectivity index (χ4n) is 2.20. The number of rotatable bonds is 5. The van der Waals surface area contributed by atoms with Crippen molar-refractivity contribution >= 4 is 11.6 Å². The van der Waals surface area contributed by atoms with Crippen molar-refractivity contribution in [2.75, 3.05) is 0 Å². The lowest BCUT2D eigenvalue weighted by Gasteiger charge is -2.18. The molecule has 1 rings (SSSR count). The summed E-state index contributed by atoms with van der Waals surface area (Å²) in [6, 6.07) is 0. The fourth-order valence-corrected chi connectivity index (χ4v) is 2.58. The molecule has 0 aromatic heterocycles. The van der Waals surface area contributed by atoms with Gasteiger partial charge < -0.3 is 0 Å². The predicted octanol–water partition coefficient (Wildman–Crippen LogP) is 4.61. The van der Waals surface area contributed by atoms with Crippen LogP contribution in [-0.4, -0.2) is 5.38 Å². The van der Waals surface area contributed by atoms with E-state index in [1.165, 1.54) is 44.9 Å². The Morgan fingerprint density at radius 3 is 2.38 bits per heavy atom. The highest BCUT2D eigenvalue weighted by atomic mass is 35.5. The Kier molecular flexibility index (Phi) is 5.16. The Hall–Kier alpha value is 0.290. The van der Waals surface area contributed by atoms with Crippen molar-refractivity contribution in [3.63, 3.8) is 0 Å². The van der Waals surface area contributed by atoms with Crippen LogP contribution in [0.4, 0.5) is 0 Å². The molecule has 2 unspecified atom stereocenters. The van der Waals surface area contributed by atoms with Gasteiger partial charge in [0.25, 0.3) is 0 Å². The Labute approximate surface area is 88.1 Å². The van der Waals surface area contributed by atoms with Crippen LogP contribution in [0.5, 0.6) is 0 Å². The predicted molar refractivity (Wildman–Crippen MR) is 60.3 cm³/mol. The first-order valence-corrected chi connectivity index (χ1v) is 6.31. The van der Waals surface area contributed by atoms with E-state index in [-0.39, 0.29) is 0 Å². The number of hydrogen-bond acceptors (Lipinski definition) is 0. The van der Waals surface area contributed by atoms with Gasteiger partial charge in [0.15, 0.2) is 0 Å². The van der Waals surface area contributed by atoms with Gasteiger partial charge in [0.05, 0.1) is 0 Å². The summed E-state index contributed by atoms with van der Waals surface area (Å²) >= 11 is 6.39. The molecule has 0 heterocycles. The molecule has 0 nitrogen and oxygen atoms in total. The van der Waals surface area contributed by atoms with E-state index in [9.17, 15) is 0 Å². The van der Waals surface area contributed by atoms with Crippen molar-refractivity contribution in [3.8, 4) is 0 Å². The SMILES string of the molecule is CCC(C)CCC(Cl)C1CCCC1. The van der Waals surface area contributed by atoms with Crippen molar-refractivity contribution in [1.82, 2.24) is 0 Å². The molecule has 1 aliphatic rings. The van der Waals surface area contributed by atoms with Crippen LogP contribution in [0.15, 0.2) is 0 Å². The summed E-state index contributed by atoms with van der Waals surface area (Å²) in [5.74, 6) is 1.70. The third-order valence-electron chi connectivity index (χ3n) is 3.54.